The van der Waals surface area contributed by atoms with Gasteiger partial charge in [0.2, 0.25) is 0 Å². The maximum absolute atomic E-state index is 13.1. The molecule has 2 heterocycles. The van der Waals surface area contributed by atoms with Crippen LogP contribution < -0.4 is 10.4 Å². The predicted octanol–water partition coefficient (Wildman–Crippen LogP) is 3.43. The molecule has 1 fully saturated rings. The topological polar surface area (TPSA) is 63.0 Å². The second-order valence-electron chi connectivity index (χ2n) is 8.04. The number of rotatable bonds is 5. The van der Waals surface area contributed by atoms with E-state index in [1.165, 1.54) is 18.2 Å². The third-order valence-electron chi connectivity index (χ3n) is 5.69. The number of piperazine rings is 1. The number of nitrogens with zero attached hydrogens (tertiary/aromatic N) is 2. The van der Waals surface area contributed by atoms with E-state index in [4.69, 9.17) is 9.15 Å². The molecule has 1 aliphatic rings. The fourth-order valence-corrected chi connectivity index (χ4v) is 3.95. The fraction of sp³-hybridized carbons (Fsp3) is 0.333. The van der Waals surface area contributed by atoms with E-state index in [0.717, 1.165) is 17.5 Å². The molecule has 0 radical (unpaired) electrons. The van der Waals surface area contributed by atoms with Crippen LogP contribution in [0.15, 0.2) is 63.8 Å². The number of ether oxygens (including phenoxy) is 1. The first-order valence-electron chi connectivity index (χ1n) is 10.3. The van der Waals surface area contributed by atoms with Crippen molar-refractivity contribution < 1.29 is 18.3 Å². The zero-order valence-corrected chi connectivity index (χ0v) is 17.6. The van der Waals surface area contributed by atoms with E-state index in [2.05, 4.69) is 11.8 Å². The third-order valence-corrected chi connectivity index (χ3v) is 5.69. The van der Waals surface area contributed by atoms with Crippen LogP contribution in [0.25, 0.3) is 11.0 Å². The molecule has 0 bridgehead atoms. The maximum Gasteiger partial charge on any atom is 0.336 e. The van der Waals surface area contributed by atoms with Crippen LogP contribution in [-0.4, -0.2) is 47.5 Å². The van der Waals surface area contributed by atoms with Crippen LogP contribution in [0.2, 0.25) is 0 Å². The highest BCUT2D eigenvalue weighted by Crippen LogP contribution is 2.21. The molecular weight excluding hydrogens is 399 g/mol. The number of carbonyl (C=O) groups excluding carboxylic acids is 1. The molecule has 2 aromatic carbocycles. The summed E-state index contributed by atoms with van der Waals surface area (Å²) in [6.45, 7) is 6.06. The Bertz CT molecular complexity index is 1130. The number of benzene rings is 2. The van der Waals surface area contributed by atoms with Crippen LogP contribution in [0.4, 0.5) is 4.39 Å². The van der Waals surface area contributed by atoms with Crippen molar-refractivity contribution in [1.82, 2.24) is 9.80 Å². The summed E-state index contributed by atoms with van der Waals surface area (Å²) in [6, 6.07) is 14.9. The molecule has 7 heteroatoms. The van der Waals surface area contributed by atoms with Crippen molar-refractivity contribution >= 4 is 16.9 Å². The average molecular weight is 424 g/mol. The molecule has 0 N–H and O–H groups in total. The molecule has 1 amide bonds. The van der Waals surface area contributed by atoms with Crippen LogP contribution in [0.3, 0.4) is 0 Å². The van der Waals surface area contributed by atoms with Gasteiger partial charge in [0.05, 0.1) is 0 Å². The van der Waals surface area contributed by atoms with Crippen LogP contribution in [-0.2, 0) is 11.3 Å². The van der Waals surface area contributed by atoms with Crippen molar-refractivity contribution in [3.63, 3.8) is 0 Å². The molecule has 0 saturated carbocycles. The highest BCUT2D eigenvalue weighted by Gasteiger charge is 2.32. The zero-order valence-electron chi connectivity index (χ0n) is 17.6. The molecule has 0 spiro atoms. The number of fused-ring (bicyclic) bond motifs is 1. The lowest BCUT2D eigenvalue weighted by molar-refractivity contribution is -0.139. The van der Waals surface area contributed by atoms with Gasteiger partial charge in [-0.05, 0) is 49.7 Å². The largest absolute Gasteiger partial charge is 0.484 e. The standard InChI is InChI=1S/C24H25FN2O4/c1-16-13-27(17(2)12-26(16)14-18-3-7-20(25)8-4-18)23(28)15-30-21-9-5-19-6-10-24(29)31-22(19)11-21/h3-11,16-17H,12-15H2,1-2H3/t16-,17+/m1/s1. The molecule has 31 heavy (non-hydrogen) atoms. The summed E-state index contributed by atoms with van der Waals surface area (Å²) >= 11 is 0. The number of halogens is 1. The lowest BCUT2D eigenvalue weighted by Gasteiger charge is -2.44. The SMILES string of the molecule is C[C@@H]1CN(C(=O)COc2ccc3ccc(=O)oc3c2)[C@@H](C)CN1Cc1ccc(F)cc1. The monoisotopic (exact) mass is 424 g/mol. The Hall–Kier alpha value is -3.19. The van der Waals surface area contributed by atoms with E-state index in [9.17, 15) is 14.0 Å². The van der Waals surface area contributed by atoms with Gasteiger partial charge in [-0.3, -0.25) is 9.69 Å². The third kappa shape index (κ3) is 4.94. The van der Waals surface area contributed by atoms with Crippen LogP contribution in [0.5, 0.6) is 5.75 Å². The molecular formula is C24H25FN2O4. The minimum Gasteiger partial charge on any atom is -0.484 e. The van der Waals surface area contributed by atoms with Gasteiger partial charge < -0.3 is 14.1 Å². The Balaban J connectivity index is 1.35. The second-order valence-corrected chi connectivity index (χ2v) is 8.04. The predicted molar refractivity (Wildman–Crippen MR) is 115 cm³/mol. The van der Waals surface area contributed by atoms with Gasteiger partial charge in [0.25, 0.3) is 5.91 Å². The normalized spacial score (nSPS) is 19.5. The van der Waals surface area contributed by atoms with Gasteiger partial charge in [-0.1, -0.05) is 12.1 Å². The molecule has 3 aromatic rings. The molecule has 4 rings (SSSR count). The van der Waals surface area contributed by atoms with Crippen molar-refractivity contribution in [2.24, 2.45) is 0 Å². The highest BCUT2D eigenvalue weighted by atomic mass is 19.1. The quantitative estimate of drug-likeness (QED) is 0.588. The lowest BCUT2D eigenvalue weighted by atomic mass is 10.1. The fourth-order valence-electron chi connectivity index (χ4n) is 3.95. The number of hydrogen-bond acceptors (Lipinski definition) is 5. The Labute approximate surface area is 179 Å². The Kier molecular flexibility index (Phi) is 6.04. The second kappa shape index (κ2) is 8.89. The van der Waals surface area contributed by atoms with E-state index < -0.39 is 5.63 Å². The minimum absolute atomic E-state index is 0.0300. The Morgan fingerprint density at radius 2 is 1.81 bits per heavy atom. The first-order valence-corrected chi connectivity index (χ1v) is 10.3. The molecule has 2 atom stereocenters. The van der Waals surface area contributed by atoms with Gasteiger partial charge in [-0.2, -0.15) is 0 Å². The van der Waals surface area contributed by atoms with E-state index in [1.807, 2.05) is 11.8 Å². The van der Waals surface area contributed by atoms with Crippen molar-refractivity contribution in [2.45, 2.75) is 32.5 Å². The molecule has 1 aromatic heterocycles. The summed E-state index contributed by atoms with van der Waals surface area (Å²) in [5.41, 5.74) is 1.04. The Morgan fingerprint density at radius 1 is 1.06 bits per heavy atom. The number of carbonyl (C=O) groups is 1. The first kappa shape index (κ1) is 21.1. The number of amides is 1. The summed E-state index contributed by atoms with van der Waals surface area (Å²) in [6.07, 6.45) is 0. The van der Waals surface area contributed by atoms with E-state index in [1.54, 1.807) is 36.4 Å². The smallest absolute Gasteiger partial charge is 0.336 e. The average Bonchev–Trinajstić information content (AvgIpc) is 2.75. The minimum atomic E-state index is -0.429. The lowest BCUT2D eigenvalue weighted by Crippen LogP contribution is -2.58. The van der Waals surface area contributed by atoms with E-state index >= 15 is 0 Å². The summed E-state index contributed by atoms with van der Waals surface area (Å²) in [7, 11) is 0. The summed E-state index contributed by atoms with van der Waals surface area (Å²) in [5.74, 6) is 0.148. The van der Waals surface area contributed by atoms with Gasteiger partial charge in [0.1, 0.15) is 17.1 Å². The summed E-state index contributed by atoms with van der Waals surface area (Å²) < 4.78 is 24.0. The van der Waals surface area contributed by atoms with Crippen molar-refractivity contribution in [3.05, 3.63) is 76.4 Å². The van der Waals surface area contributed by atoms with Gasteiger partial charge in [0, 0.05) is 49.2 Å². The van der Waals surface area contributed by atoms with Crippen LogP contribution in [0.1, 0.15) is 19.4 Å². The highest BCUT2D eigenvalue weighted by molar-refractivity contribution is 5.79. The van der Waals surface area contributed by atoms with Gasteiger partial charge in [-0.15, -0.1) is 0 Å². The van der Waals surface area contributed by atoms with Crippen molar-refractivity contribution in [1.29, 1.82) is 0 Å². The molecule has 1 saturated heterocycles. The van der Waals surface area contributed by atoms with Crippen LogP contribution in [0, 0.1) is 5.82 Å². The summed E-state index contributed by atoms with van der Waals surface area (Å²) in [5, 5.41) is 0.790. The molecule has 162 valence electrons. The van der Waals surface area contributed by atoms with Crippen LogP contribution >= 0.6 is 0 Å². The maximum atomic E-state index is 13.1. The van der Waals surface area contributed by atoms with E-state index in [0.29, 0.717) is 24.4 Å². The Morgan fingerprint density at radius 3 is 2.58 bits per heavy atom. The van der Waals surface area contributed by atoms with Crippen molar-refractivity contribution in [3.8, 4) is 5.75 Å². The van der Waals surface area contributed by atoms with Gasteiger partial charge in [0.15, 0.2) is 6.61 Å². The van der Waals surface area contributed by atoms with E-state index in [-0.39, 0.29) is 30.4 Å². The van der Waals surface area contributed by atoms with Gasteiger partial charge >= 0.3 is 5.63 Å². The zero-order chi connectivity index (χ0) is 22.0. The van der Waals surface area contributed by atoms with Gasteiger partial charge in [-0.25, -0.2) is 9.18 Å². The molecule has 6 nitrogen and oxygen atoms in total. The first-order chi connectivity index (χ1) is 14.9. The molecule has 0 aliphatic carbocycles. The summed E-state index contributed by atoms with van der Waals surface area (Å²) in [4.78, 5) is 28.4. The molecule has 0 unspecified atom stereocenters. The number of hydrogen-bond donors (Lipinski definition) is 0. The molecule has 1 aliphatic heterocycles. The van der Waals surface area contributed by atoms with Crippen molar-refractivity contribution in [2.75, 3.05) is 19.7 Å².